The molecule has 2 aliphatic heterocycles. The van der Waals surface area contributed by atoms with Crippen molar-refractivity contribution >= 4 is 23.5 Å². The van der Waals surface area contributed by atoms with Crippen molar-refractivity contribution in [3.05, 3.63) is 24.3 Å². The van der Waals surface area contributed by atoms with Gasteiger partial charge in [0.2, 0.25) is 11.8 Å². The third-order valence-electron chi connectivity index (χ3n) is 4.88. The Balaban J connectivity index is 1.55. The molecule has 8 nitrogen and oxygen atoms in total. The fraction of sp³-hybridized carbons (Fsp3) is 0.500. The molecule has 0 aromatic heterocycles. The van der Waals surface area contributed by atoms with Crippen LogP contribution in [-0.4, -0.2) is 85.5 Å². The quantitative estimate of drug-likeness (QED) is 0.789. The zero-order valence-electron chi connectivity index (χ0n) is 15.2. The second kappa shape index (κ2) is 7.63. The van der Waals surface area contributed by atoms with Gasteiger partial charge in [0.25, 0.3) is 0 Å². The second-order valence-electron chi connectivity index (χ2n) is 6.44. The molecule has 0 saturated carbocycles. The molecule has 4 amide bonds. The maximum atomic E-state index is 12.6. The van der Waals surface area contributed by atoms with Gasteiger partial charge in [-0.05, 0) is 24.3 Å². The molecular weight excluding hydrogens is 336 g/mol. The molecule has 2 saturated heterocycles. The fourth-order valence-electron chi connectivity index (χ4n) is 3.27. The first kappa shape index (κ1) is 18.0. The van der Waals surface area contributed by atoms with Crippen LogP contribution in [0.25, 0.3) is 0 Å². The number of hydrogen-bond donors (Lipinski definition) is 0. The largest absolute Gasteiger partial charge is 0.497 e. The first-order valence-electron chi connectivity index (χ1n) is 8.73. The van der Waals surface area contributed by atoms with Crippen molar-refractivity contribution in [2.24, 2.45) is 0 Å². The van der Waals surface area contributed by atoms with Gasteiger partial charge in [-0.25, -0.2) is 4.79 Å². The van der Waals surface area contributed by atoms with E-state index in [1.807, 2.05) is 24.3 Å². The minimum absolute atomic E-state index is 0.0296. The van der Waals surface area contributed by atoms with Crippen molar-refractivity contribution in [1.29, 1.82) is 0 Å². The maximum absolute atomic E-state index is 12.6. The fourth-order valence-corrected chi connectivity index (χ4v) is 3.27. The van der Waals surface area contributed by atoms with E-state index in [-0.39, 0.29) is 24.4 Å². The van der Waals surface area contributed by atoms with E-state index < -0.39 is 0 Å². The average molecular weight is 360 g/mol. The number of hydrogen-bond acceptors (Lipinski definition) is 4. The number of carbonyl (C=O) groups excluding carboxylic acids is 3. The van der Waals surface area contributed by atoms with E-state index in [0.717, 1.165) is 11.4 Å². The summed E-state index contributed by atoms with van der Waals surface area (Å²) in [6, 6.07) is 7.13. The van der Waals surface area contributed by atoms with Gasteiger partial charge in [0.15, 0.2) is 0 Å². The van der Waals surface area contributed by atoms with Crippen LogP contribution in [0.4, 0.5) is 10.5 Å². The van der Waals surface area contributed by atoms with Gasteiger partial charge in [-0.3, -0.25) is 14.5 Å². The molecule has 0 unspecified atom stereocenters. The van der Waals surface area contributed by atoms with Crippen molar-refractivity contribution in [1.82, 2.24) is 14.7 Å². The van der Waals surface area contributed by atoms with Crippen molar-refractivity contribution < 1.29 is 19.1 Å². The van der Waals surface area contributed by atoms with Crippen LogP contribution < -0.4 is 9.64 Å². The number of amides is 4. The van der Waals surface area contributed by atoms with Gasteiger partial charge in [0.1, 0.15) is 12.3 Å². The number of ether oxygens (including phenoxy) is 1. The molecule has 0 bridgehead atoms. The summed E-state index contributed by atoms with van der Waals surface area (Å²) in [6.45, 7) is 4.81. The Hall–Kier alpha value is -2.77. The van der Waals surface area contributed by atoms with Gasteiger partial charge in [-0.15, -0.1) is 0 Å². The number of benzene rings is 1. The molecule has 1 aromatic carbocycles. The summed E-state index contributed by atoms with van der Waals surface area (Å²) in [4.78, 5) is 43.2. The zero-order chi connectivity index (χ0) is 18.7. The van der Waals surface area contributed by atoms with Gasteiger partial charge < -0.3 is 19.4 Å². The molecule has 0 N–H and O–H groups in total. The zero-order valence-corrected chi connectivity index (χ0v) is 15.2. The van der Waals surface area contributed by atoms with Crippen LogP contribution in [0.3, 0.4) is 0 Å². The van der Waals surface area contributed by atoms with E-state index >= 15 is 0 Å². The summed E-state index contributed by atoms with van der Waals surface area (Å²) < 4.78 is 5.13. The molecule has 0 spiro atoms. The summed E-state index contributed by atoms with van der Waals surface area (Å²) in [6.07, 6.45) is 0. The van der Waals surface area contributed by atoms with E-state index in [9.17, 15) is 14.4 Å². The second-order valence-corrected chi connectivity index (χ2v) is 6.44. The van der Waals surface area contributed by atoms with Crippen LogP contribution >= 0.6 is 0 Å². The average Bonchev–Trinajstić information content (AvgIpc) is 3.02. The number of carbonyl (C=O) groups is 3. The lowest BCUT2D eigenvalue weighted by Crippen LogP contribution is -2.52. The minimum Gasteiger partial charge on any atom is -0.497 e. The van der Waals surface area contributed by atoms with E-state index in [2.05, 4.69) is 0 Å². The Morgan fingerprint density at radius 1 is 0.962 bits per heavy atom. The Morgan fingerprint density at radius 2 is 1.58 bits per heavy atom. The van der Waals surface area contributed by atoms with Gasteiger partial charge in [0.05, 0.1) is 7.11 Å². The first-order valence-corrected chi connectivity index (χ1v) is 8.73. The number of nitrogens with zero attached hydrogens (tertiary/aromatic N) is 4. The van der Waals surface area contributed by atoms with Crippen LogP contribution in [0.5, 0.6) is 5.75 Å². The minimum atomic E-state index is -0.161. The molecule has 0 atom stereocenters. The first-order chi connectivity index (χ1) is 12.5. The highest BCUT2D eigenvalue weighted by atomic mass is 16.5. The Morgan fingerprint density at radius 3 is 2.15 bits per heavy atom. The van der Waals surface area contributed by atoms with Crippen LogP contribution in [0.1, 0.15) is 6.92 Å². The molecule has 0 aliphatic carbocycles. The normalized spacial score (nSPS) is 17.7. The summed E-state index contributed by atoms with van der Waals surface area (Å²) in [5, 5.41) is 0. The summed E-state index contributed by atoms with van der Waals surface area (Å²) in [5.41, 5.74) is 0.792. The highest BCUT2D eigenvalue weighted by Crippen LogP contribution is 2.23. The maximum Gasteiger partial charge on any atom is 0.325 e. The molecule has 1 aromatic rings. The molecule has 3 rings (SSSR count). The number of urea groups is 1. The SMILES string of the molecule is COc1ccc(N2CCN(CC(=O)N3CCN(C(C)=O)CC3)C2=O)cc1. The van der Waals surface area contributed by atoms with E-state index in [4.69, 9.17) is 4.74 Å². The lowest BCUT2D eigenvalue weighted by Gasteiger charge is -2.34. The highest BCUT2D eigenvalue weighted by Gasteiger charge is 2.32. The Bertz CT molecular complexity index is 683. The monoisotopic (exact) mass is 360 g/mol. The molecule has 8 heteroatoms. The molecular formula is C18H24N4O4. The van der Waals surface area contributed by atoms with Crippen LogP contribution in [-0.2, 0) is 9.59 Å². The molecule has 2 aliphatic rings. The van der Waals surface area contributed by atoms with Crippen molar-refractivity contribution in [2.45, 2.75) is 6.92 Å². The summed E-state index contributed by atoms with van der Waals surface area (Å²) >= 11 is 0. The predicted octanol–water partition coefficient (Wildman–Crippen LogP) is 0.628. The van der Waals surface area contributed by atoms with Crippen molar-refractivity contribution in [3.63, 3.8) is 0 Å². The standard InChI is InChI=1S/C18H24N4O4/c1-14(23)19-7-9-20(10-8-19)17(24)13-21-11-12-22(18(21)25)15-3-5-16(26-2)6-4-15/h3-6H,7-13H2,1-2H3. The number of methoxy groups -OCH3 is 1. The molecule has 140 valence electrons. The topological polar surface area (TPSA) is 73.4 Å². The lowest BCUT2D eigenvalue weighted by atomic mass is 10.3. The van der Waals surface area contributed by atoms with Crippen LogP contribution in [0, 0.1) is 0 Å². The van der Waals surface area contributed by atoms with Crippen LogP contribution in [0.15, 0.2) is 24.3 Å². The smallest absolute Gasteiger partial charge is 0.325 e. The lowest BCUT2D eigenvalue weighted by molar-refractivity contribution is -0.138. The molecule has 2 heterocycles. The summed E-state index contributed by atoms with van der Waals surface area (Å²) in [5.74, 6) is 0.692. The Labute approximate surface area is 152 Å². The number of anilines is 1. The third-order valence-corrected chi connectivity index (χ3v) is 4.88. The third kappa shape index (κ3) is 3.74. The van der Waals surface area contributed by atoms with Crippen molar-refractivity contribution in [3.8, 4) is 5.75 Å². The van der Waals surface area contributed by atoms with E-state index in [0.29, 0.717) is 39.3 Å². The predicted molar refractivity (Wildman–Crippen MR) is 96.1 cm³/mol. The highest BCUT2D eigenvalue weighted by molar-refractivity contribution is 5.96. The molecule has 0 radical (unpaired) electrons. The number of piperazine rings is 1. The molecule has 26 heavy (non-hydrogen) atoms. The molecule has 2 fully saturated rings. The van der Waals surface area contributed by atoms with Crippen molar-refractivity contribution in [2.75, 3.05) is 57.8 Å². The number of rotatable bonds is 4. The Kier molecular flexibility index (Phi) is 5.29. The van der Waals surface area contributed by atoms with Gasteiger partial charge in [-0.2, -0.15) is 0 Å². The van der Waals surface area contributed by atoms with Gasteiger partial charge in [0, 0.05) is 51.9 Å². The van der Waals surface area contributed by atoms with Gasteiger partial charge >= 0.3 is 6.03 Å². The van der Waals surface area contributed by atoms with E-state index in [1.165, 1.54) is 6.92 Å². The summed E-state index contributed by atoms with van der Waals surface area (Å²) in [7, 11) is 1.60. The van der Waals surface area contributed by atoms with Gasteiger partial charge in [-0.1, -0.05) is 0 Å². The van der Waals surface area contributed by atoms with Crippen LogP contribution in [0.2, 0.25) is 0 Å². The van der Waals surface area contributed by atoms with E-state index in [1.54, 1.807) is 26.7 Å².